The number of rotatable bonds is 5. The van der Waals surface area contributed by atoms with Crippen molar-refractivity contribution in [3.63, 3.8) is 0 Å². The number of sulfonamides is 1. The van der Waals surface area contributed by atoms with E-state index in [0.29, 0.717) is 12.2 Å². The van der Waals surface area contributed by atoms with Gasteiger partial charge in [0.25, 0.3) is 10.0 Å². The van der Waals surface area contributed by atoms with Gasteiger partial charge in [-0.3, -0.25) is 4.72 Å². The van der Waals surface area contributed by atoms with Crippen LogP contribution in [-0.2, 0) is 16.6 Å². The molecular weight excluding hydrogens is 287 g/mol. The molecule has 0 aliphatic heterocycles. The van der Waals surface area contributed by atoms with Gasteiger partial charge >= 0.3 is 0 Å². The summed E-state index contributed by atoms with van der Waals surface area (Å²) < 4.78 is 39.6. The first-order chi connectivity index (χ1) is 9.01. The highest BCUT2D eigenvalue weighted by Crippen LogP contribution is 2.23. The maximum atomic E-state index is 12.7. The number of nitrogens with one attached hydrogen (secondary N) is 2. The zero-order chi connectivity index (χ0) is 13.9. The molecule has 0 fully saturated rings. The molecule has 0 unspecified atom stereocenters. The van der Waals surface area contributed by atoms with Crippen molar-refractivity contribution in [2.24, 2.45) is 0 Å². The lowest BCUT2D eigenvalue weighted by Crippen LogP contribution is -2.11. The Labute approximate surface area is 115 Å². The van der Waals surface area contributed by atoms with Gasteiger partial charge in [0.1, 0.15) is 10.0 Å². The Morgan fingerprint density at radius 2 is 1.95 bits per heavy atom. The van der Waals surface area contributed by atoms with E-state index in [4.69, 9.17) is 0 Å². The maximum Gasteiger partial charge on any atom is 0.271 e. The second-order valence-corrected chi connectivity index (χ2v) is 6.74. The Bertz CT molecular complexity index is 651. The highest BCUT2D eigenvalue weighted by molar-refractivity contribution is 7.94. The minimum Gasteiger partial charge on any atom is -0.316 e. The van der Waals surface area contributed by atoms with Gasteiger partial charge in [0.05, 0.1) is 0 Å². The molecular formula is C12H13FN2O2S2. The molecule has 2 N–H and O–H groups in total. The number of thiophene rings is 1. The fourth-order valence-electron chi connectivity index (χ4n) is 1.51. The zero-order valence-electron chi connectivity index (χ0n) is 10.2. The van der Waals surface area contributed by atoms with E-state index in [2.05, 4.69) is 10.0 Å². The molecule has 0 spiro atoms. The number of hydrogen-bond acceptors (Lipinski definition) is 4. The first-order valence-electron chi connectivity index (χ1n) is 5.51. The first kappa shape index (κ1) is 14.0. The molecule has 102 valence electrons. The van der Waals surface area contributed by atoms with Gasteiger partial charge < -0.3 is 5.32 Å². The van der Waals surface area contributed by atoms with Crippen molar-refractivity contribution in [1.82, 2.24) is 5.32 Å². The van der Waals surface area contributed by atoms with Crippen molar-refractivity contribution in [2.45, 2.75) is 10.8 Å². The summed E-state index contributed by atoms with van der Waals surface area (Å²) in [6, 6.07) is 6.80. The quantitative estimate of drug-likeness (QED) is 0.891. The SMILES string of the molecule is CNCc1csc(S(=O)(=O)Nc2ccc(F)cc2)c1. The summed E-state index contributed by atoms with van der Waals surface area (Å²) in [5, 5.41) is 4.74. The van der Waals surface area contributed by atoms with Crippen molar-refractivity contribution in [3.05, 3.63) is 47.1 Å². The average molecular weight is 300 g/mol. The lowest BCUT2D eigenvalue weighted by atomic mass is 10.3. The van der Waals surface area contributed by atoms with Crippen molar-refractivity contribution >= 4 is 27.0 Å². The maximum absolute atomic E-state index is 12.7. The largest absolute Gasteiger partial charge is 0.316 e. The summed E-state index contributed by atoms with van der Waals surface area (Å²) in [5.74, 6) is -0.407. The molecule has 0 amide bonds. The minimum absolute atomic E-state index is 0.238. The van der Waals surface area contributed by atoms with Gasteiger partial charge in [-0.05, 0) is 48.3 Å². The number of halogens is 1. The standard InChI is InChI=1S/C12H13FN2O2S2/c1-14-7-9-6-12(18-8-9)19(16,17)15-11-4-2-10(13)3-5-11/h2-6,8,14-15H,7H2,1H3. The molecule has 2 aromatic rings. The molecule has 1 heterocycles. The van der Waals surface area contributed by atoms with Crippen molar-refractivity contribution in [3.8, 4) is 0 Å². The van der Waals surface area contributed by atoms with Gasteiger partial charge in [-0.1, -0.05) is 0 Å². The highest BCUT2D eigenvalue weighted by Gasteiger charge is 2.16. The predicted octanol–water partition coefficient (Wildman–Crippen LogP) is 2.41. The summed E-state index contributed by atoms with van der Waals surface area (Å²) in [6.45, 7) is 0.614. The molecule has 7 heteroatoms. The van der Waals surface area contributed by atoms with Crippen molar-refractivity contribution < 1.29 is 12.8 Å². The van der Waals surface area contributed by atoms with Crippen LogP contribution in [0.15, 0.2) is 39.9 Å². The summed E-state index contributed by atoms with van der Waals surface area (Å²) in [5.41, 5.74) is 1.25. The molecule has 2 rings (SSSR count). The molecule has 19 heavy (non-hydrogen) atoms. The van der Waals surface area contributed by atoms with Crippen LogP contribution in [0.3, 0.4) is 0 Å². The fourth-order valence-corrected chi connectivity index (χ4v) is 3.78. The third kappa shape index (κ3) is 3.52. The highest BCUT2D eigenvalue weighted by atomic mass is 32.2. The summed E-state index contributed by atoms with van der Waals surface area (Å²) >= 11 is 1.15. The minimum atomic E-state index is -3.61. The first-order valence-corrected chi connectivity index (χ1v) is 7.88. The molecule has 0 aliphatic rings. The molecule has 4 nitrogen and oxygen atoms in total. The lowest BCUT2D eigenvalue weighted by Gasteiger charge is -2.05. The molecule has 1 aromatic carbocycles. The van der Waals surface area contributed by atoms with Crippen LogP contribution >= 0.6 is 11.3 Å². The Morgan fingerprint density at radius 1 is 1.26 bits per heavy atom. The average Bonchev–Trinajstić information content (AvgIpc) is 2.82. The summed E-state index contributed by atoms with van der Waals surface area (Å²) in [4.78, 5) is 0. The van der Waals surface area contributed by atoms with E-state index < -0.39 is 15.8 Å². The lowest BCUT2D eigenvalue weighted by molar-refractivity contribution is 0.602. The van der Waals surface area contributed by atoms with Crippen LogP contribution in [0.1, 0.15) is 5.56 Å². The van der Waals surface area contributed by atoms with Crippen LogP contribution in [-0.4, -0.2) is 15.5 Å². The molecule has 1 aromatic heterocycles. The molecule has 0 atom stereocenters. The topological polar surface area (TPSA) is 58.2 Å². The Morgan fingerprint density at radius 3 is 2.58 bits per heavy atom. The van der Waals surface area contributed by atoms with E-state index in [1.807, 2.05) is 0 Å². The predicted molar refractivity (Wildman–Crippen MR) is 74.3 cm³/mol. The van der Waals surface area contributed by atoms with E-state index in [1.54, 1.807) is 18.5 Å². The van der Waals surface area contributed by atoms with E-state index in [-0.39, 0.29) is 4.21 Å². The smallest absolute Gasteiger partial charge is 0.271 e. The van der Waals surface area contributed by atoms with Gasteiger partial charge in [0, 0.05) is 12.2 Å². The van der Waals surface area contributed by atoms with Gasteiger partial charge in [0.15, 0.2) is 0 Å². The van der Waals surface area contributed by atoms with E-state index in [0.717, 1.165) is 16.9 Å². The Balaban J connectivity index is 2.19. The normalized spacial score (nSPS) is 11.5. The third-order valence-electron chi connectivity index (χ3n) is 2.37. The Hall–Kier alpha value is -1.44. The van der Waals surface area contributed by atoms with Crippen LogP contribution in [0.25, 0.3) is 0 Å². The fraction of sp³-hybridized carbons (Fsp3) is 0.167. The van der Waals surface area contributed by atoms with Crippen LogP contribution in [0.2, 0.25) is 0 Å². The van der Waals surface area contributed by atoms with Crippen LogP contribution in [0.4, 0.5) is 10.1 Å². The number of anilines is 1. The van der Waals surface area contributed by atoms with Gasteiger partial charge in [0.2, 0.25) is 0 Å². The van der Waals surface area contributed by atoms with E-state index in [9.17, 15) is 12.8 Å². The number of benzene rings is 1. The summed E-state index contributed by atoms with van der Waals surface area (Å²) in [7, 11) is -1.81. The van der Waals surface area contributed by atoms with E-state index in [1.165, 1.54) is 24.3 Å². The van der Waals surface area contributed by atoms with Crippen LogP contribution in [0.5, 0.6) is 0 Å². The summed E-state index contributed by atoms with van der Waals surface area (Å²) in [6.07, 6.45) is 0. The van der Waals surface area contributed by atoms with Gasteiger partial charge in [-0.15, -0.1) is 11.3 Å². The third-order valence-corrected chi connectivity index (χ3v) is 5.24. The second kappa shape index (κ2) is 5.68. The molecule has 0 saturated carbocycles. The van der Waals surface area contributed by atoms with Crippen molar-refractivity contribution in [1.29, 1.82) is 0 Å². The zero-order valence-corrected chi connectivity index (χ0v) is 11.8. The number of hydrogen-bond donors (Lipinski definition) is 2. The van der Waals surface area contributed by atoms with E-state index >= 15 is 0 Å². The van der Waals surface area contributed by atoms with Gasteiger partial charge in [-0.2, -0.15) is 0 Å². The molecule has 0 bridgehead atoms. The van der Waals surface area contributed by atoms with Gasteiger partial charge in [-0.25, -0.2) is 12.8 Å². The van der Waals surface area contributed by atoms with Crippen LogP contribution in [0, 0.1) is 5.82 Å². The molecule has 0 saturated heterocycles. The van der Waals surface area contributed by atoms with Crippen LogP contribution < -0.4 is 10.0 Å². The monoisotopic (exact) mass is 300 g/mol. The molecule has 0 radical (unpaired) electrons. The van der Waals surface area contributed by atoms with Crippen molar-refractivity contribution in [2.75, 3.05) is 11.8 Å². The Kier molecular flexibility index (Phi) is 4.18. The second-order valence-electron chi connectivity index (χ2n) is 3.92. The molecule has 0 aliphatic carbocycles.